The van der Waals surface area contributed by atoms with Crippen LogP contribution in [0.15, 0.2) is 29.2 Å². The fourth-order valence-electron chi connectivity index (χ4n) is 5.05. The van der Waals surface area contributed by atoms with Gasteiger partial charge in [0, 0.05) is 30.6 Å². The highest BCUT2D eigenvalue weighted by molar-refractivity contribution is 7.80. The highest BCUT2D eigenvalue weighted by Crippen LogP contribution is 2.38. The lowest BCUT2D eigenvalue weighted by atomic mass is 10.1. The molecule has 0 aromatic heterocycles. The monoisotopic (exact) mass is 413 g/mol. The summed E-state index contributed by atoms with van der Waals surface area (Å²) in [5.41, 5.74) is 7.27. The number of nitrogens with two attached hydrogens (primary N) is 1. The molecule has 8 heteroatoms. The maximum atomic E-state index is 13.1. The number of carbonyl (C=O) groups is 2. The Balaban J connectivity index is 1.40. The van der Waals surface area contributed by atoms with Gasteiger partial charge in [0.15, 0.2) is 0 Å². The Morgan fingerprint density at radius 2 is 2.24 bits per heavy atom. The minimum Gasteiger partial charge on any atom is -0.330 e. The third-order valence-electron chi connectivity index (χ3n) is 6.52. The van der Waals surface area contributed by atoms with Crippen LogP contribution in [0.3, 0.4) is 0 Å². The number of hydrogen-bond acceptors (Lipinski definition) is 6. The van der Waals surface area contributed by atoms with Crippen LogP contribution in [0.25, 0.3) is 0 Å². The average Bonchev–Trinajstić information content (AvgIpc) is 3.41. The summed E-state index contributed by atoms with van der Waals surface area (Å²) in [6.07, 6.45) is 2.32. The number of thiol groups is 1. The second-order valence-corrected chi connectivity index (χ2v) is 8.82. The summed E-state index contributed by atoms with van der Waals surface area (Å²) in [5, 5.41) is 9.21. The van der Waals surface area contributed by atoms with Crippen molar-refractivity contribution in [2.75, 3.05) is 19.6 Å². The van der Waals surface area contributed by atoms with Crippen molar-refractivity contribution >= 4 is 24.4 Å². The highest BCUT2D eigenvalue weighted by atomic mass is 32.1. The second-order valence-electron chi connectivity index (χ2n) is 8.30. The molecule has 2 bridgehead atoms. The van der Waals surface area contributed by atoms with Crippen LogP contribution in [0.1, 0.15) is 37.8 Å². The maximum absolute atomic E-state index is 13.1. The molecule has 154 valence electrons. The zero-order chi connectivity index (χ0) is 20.7. The molecule has 7 nitrogen and oxygen atoms in total. The zero-order valence-corrected chi connectivity index (χ0v) is 17.5. The fraction of sp³-hybridized carbons (Fsp3) is 0.571. The van der Waals surface area contributed by atoms with Crippen molar-refractivity contribution in [3.05, 3.63) is 29.8 Å². The van der Waals surface area contributed by atoms with Gasteiger partial charge in [-0.25, -0.2) is 0 Å². The van der Waals surface area contributed by atoms with E-state index in [0.717, 1.165) is 29.8 Å². The van der Waals surface area contributed by atoms with Gasteiger partial charge in [-0.15, -0.1) is 12.6 Å². The Labute approximate surface area is 176 Å². The Morgan fingerprint density at radius 3 is 2.93 bits per heavy atom. The second kappa shape index (κ2) is 7.98. The number of piperazine rings is 1. The summed E-state index contributed by atoms with van der Waals surface area (Å²) in [5.74, 6) is -0.0749. The normalized spacial score (nSPS) is 28.6. The third kappa shape index (κ3) is 3.63. The number of nitrogens with zero attached hydrogens (tertiary/aromatic N) is 4. The smallest absolute Gasteiger partial charge is 0.241 e. The van der Waals surface area contributed by atoms with Gasteiger partial charge in [-0.1, -0.05) is 12.1 Å². The lowest BCUT2D eigenvalue weighted by molar-refractivity contribution is -0.141. The average molecular weight is 414 g/mol. The molecule has 0 radical (unpaired) electrons. The number of carbonyl (C=O) groups excluding carboxylic acids is 2. The van der Waals surface area contributed by atoms with Crippen molar-refractivity contribution in [1.82, 2.24) is 14.7 Å². The molecule has 29 heavy (non-hydrogen) atoms. The molecule has 0 spiro atoms. The number of likely N-dealkylation sites (tertiary alicyclic amines) is 3. The standard InChI is InChI=1S/C21H27N5O2S/c1-13(14-4-2-6-17(29)8-14)26-16-9-19(21(26)28)24(11-16)12-18(23)20(27)25-7-3-5-15(25)10-22/h2,4,6,8,13,15-16,18-19,29H,3,5,7,9,11-12,23H2,1H3/t13?,15?,16-,18?,19?/m0/s1. The molecule has 3 heterocycles. The van der Waals surface area contributed by atoms with E-state index < -0.39 is 6.04 Å². The molecule has 3 aliphatic rings. The van der Waals surface area contributed by atoms with E-state index in [1.54, 1.807) is 4.90 Å². The van der Waals surface area contributed by atoms with Gasteiger partial charge in [0.2, 0.25) is 11.8 Å². The third-order valence-corrected chi connectivity index (χ3v) is 6.80. The quantitative estimate of drug-likeness (QED) is 0.707. The molecule has 4 unspecified atom stereocenters. The van der Waals surface area contributed by atoms with Crippen LogP contribution in [0.2, 0.25) is 0 Å². The van der Waals surface area contributed by atoms with Crippen LogP contribution >= 0.6 is 12.6 Å². The van der Waals surface area contributed by atoms with E-state index in [2.05, 4.69) is 25.6 Å². The van der Waals surface area contributed by atoms with Crippen molar-refractivity contribution in [3.63, 3.8) is 0 Å². The first-order valence-electron chi connectivity index (χ1n) is 10.2. The van der Waals surface area contributed by atoms with Gasteiger partial charge in [-0.3, -0.25) is 14.5 Å². The molecule has 0 saturated carbocycles. The number of benzene rings is 1. The zero-order valence-electron chi connectivity index (χ0n) is 16.6. The lowest BCUT2D eigenvalue weighted by Crippen LogP contribution is -2.56. The molecule has 3 fully saturated rings. The minimum atomic E-state index is -0.706. The van der Waals surface area contributed by atoms with Gasteiger partial charge in [0.25, 0.3) is 0 Å². The molecule has 2 amide bonds. The Hall–Kier alpha value is -2.08. The van der Waals surface area contributed by atoms with Crippen LogP contribution in [0.4, 0.5) is 0 Å². The van der Waals surface area contributed by atoms with E-state index in [0.29, 0.717) is 19.5 Å². The van der Waals surface area contributed by atoms with Gasteiger partial charge in [-0.2, -0.15) is 5.26 Å². The molecular weight excluding hydrogens is 386 g/mol. The first-order chi connectivity index (χ1) is 13.9. The molecule has 3 saturated heterocycles. The Bertz CT molecular complexity index is 856. The van der Waals surface area contributed by atoms with Gasteiger partial charge >= 0.3 is 0 Å². The molecule has 0 aliphatic carbocycles. The van der Waals surface area contributed by atoms with Crippen LogP contribution in [0.5, 0.6) is 0 Å². The summed E-state index contributed by atoms with van der Waals surface area (Å²) in [6, 6.07) is 8.92. The molecule has 3 aliphatic heterocycles. The Morgan fingerprint density at radius 1 is 1.45 bits per heavy atom. The summed E-state index contributed by atoms with van der Waals surface area (Å²) in [7, 11) is 0. The molecule has 1 aromatic rings. The summed E-state index contributed by atoms with van der Waals surface area (Å²) in [6.45, 7) is 3.72. The molecule has 1 aromatic carbocycles. The van der Waals surface area contributed by atoms with Crippen molar-refractivity contribution in [2.24, 2.45) is 5.73 Å². The predicted octanol–water partition coefficient (Wildman–Crippen LogP) is 1.16. The fourth-order valence-corrected chi connectivity index (χ4v) is 5.29. The maximum Gasteiger partial charge on any atom is 0.241 e. The van der Waals surface area contributed by atoms with E-state index in [-0.39, 0.29) is 36.0 Å². The first-order valence-corrected chi connectivity index (χ1v) is 10.7. The van der Waals surface area contributed by atoms with Crippen molar-refractivity contribution in [3.8, 4) is 6.07 Å². The van der Waals surface area contributed by atoms with Crippen molar-refractivity contribution < 1.29 is 9.59 Å². The van der Waals surface area contributed by atoms with Crippen LogP contribution in [-0.2, 0) is 9.59 Å². The van der Waals surface area contributed by atoms with Gasteiger partial charge in [0.1, 0.15) is 6.04 Å². The van der Waals surface area contributed by atoms with Gasteiger partial charge in [-0.05, 0) is 43.9 Å². The van der Waals surface area contributed by atoms with Crippen LogP contribution < -0.4 is 5.73 Å². The Kier molecular flexibility index (Phi) is 5.56. The predicted molar refractivity (Wildman–Crippen MR) is 111 cm³/mol. The summed E-state index contributed by atoms with van der Waals surface area (Å²) >= 11 is 4.41. The topological polar surface area (TPSA) is 93.7 Å². The van der Waals surface area contributed by atoms with Crippen molar-refractivity contribution in [1.29, 1.82) is 5.26 Å². The SMILES string of the molecule is CC(c1cccc(S)c1)N1C(=O)C2C[C@H]1CN2CC(N)C(=O)N1CCCC1C#N. The van der Waals surface area contributed by atoms with E-state index in [1.807, 2.05) is 34.1 Å². The van der Waals surface area contributed by atoms with Crippen molar-refractivity contribution in [2.45, 2.75) is 61.3 Å². The van der Waals surface area contributed by atoms with E-state index >= 15 is 0 Å². The summed E-state index contributed by atoms with van der Waals surface area (Å²) < 4.78 is 0. The number of fused-ring (bicyclic) bond motifs is 2. The van der Waals surface area contributed by atoms with Gasteiger partial charge < -0.3 is 15.5 Å². The number of nitriles is 1. The number of rotatable bonds is 5. The summed E-state index contributed by atoms with van der Waals surface area (Å²) in [4.78, 5) is 32.3. The largest absolute Gasteiger partial charge is 0.330 e. The van der Waals surface area contributed by atoms with Crippen LogP contribution in [0, 0.1) is 11.3 Å². The van der Waals surface area contributed by atoms with E-state index in [9.17, 15) is 14.9 Å². The minimum absolute atomic E-state index is 0.0111. The van der Waals surface area contributed by atoms with Gasteiger partial charge in [0.05, 0.1) is 24.2 Å². The molecule has 4 rings (SSSR count). The molecule has 5 atom stereocenters. The van der Waals surface area contributed by atoms with Crippen LogP contribution in [-0.4, -0.2) is 70.3 Å². The lowest BCUT2D eigenvalue weighted by Gasteiger charge is -2.38. The molecule has 2 N–H and O–H groups in total. The highest BCUT2D eigenvalue weighted by Gasteiger charge is 2.51. The number of amides is 2. The molecular formula is C21H27N5O2S. The van der Waals surface area contributed by atoms with E-state index in [4.69, 9.17) is 5.73 Å². The number of hydrogen-bond donors (Lipinski definition) is 2. The van der Waals surface area contributed by atoms with E-state index in [1.165, 1.54) is 0 Å². The first kappa shape index (κ1) is 20.2.